The topological polar surface area (TPSA) is 55.8 Å². The maximum atomic E-state index is 11.9. The highest BCUT2D eigenvalue weighted by Crippen LogP contribution is 2.21. The maximum absolute atomic E-state index is 11.9. The van der Waals surface area contributed by atoms with Crippen LogP contribution in [-0.4, -0.2) is 45.2 Å². The molecule has 108 valence electrons. The van der Waals surface area contributed by atoms with Crippen LogP contribution in [0.25, 0.3) is 5.57 Å². The Labute approximate surface area is 118 Å². The van der Waals surface area contributed by atoms with Crippen LogP contribution in [0, 0.1) is 0 Å². The lowest BCUT2D eigenvalue weighted by Gasteiger charge is -2.15. The zero-order valence-corrected chi connectivity index (χ0v) is 12.2. The molecule has 0 fully saturated rings. The van der Waals surface area contributed by atoms with E-state index < -0.39 is 11.9 Å². The Kier molecular flexibility index (Phi) is 5.93. The van der Waals surface area contributed by atoms with E-state index in [0.29, 0.717) is 12.1 Å². The van der Waals surface area contributed by atoms with Crippen LogP contribution in [0.2, 0.25) is 0 Å². The van der Waals surface area contributed by atoms with Gasteiger partial charge in [0, 0.05) is 12.6 Å². The van der Waals surface area contributed by atoms with E-state index in [-0.39, 0.29) is 5.57 Å². The summed E-state index contributed by atoms with van der Waals surface area (Å²) in [5, 5.41) is 0. The third-order valence-corrected chi connectivity index (χ3v) is 2.66. The predicted molar refractivity (Wildman–Crippen MR) is 75.8 cm³/mol. The highest BCUT2D eigenvalue weighted by molar-refractivity contribution is 6.20. The van der Waals surface area contributed by atoms with Gasteiger partial charge in [0.1, 0.15) is 0 Å². The van der Waals surface area contributed by atoms with Gasteiger partial charge in [-0.05, 0) is 25.2 Å². The van der Waals surface area contributed by atoms with Gasteiger partial charge in [-0.15, -0.1) is 0 Å². The Morgan fingerprint density at radius 3 is 2.35 bits per heavy atom. The molecule has 0 atom stereocenters. The molecule has 0 radical (unpaired) electrons. The fraction of sp³-hybridized carbons (Fsp3) is 0.333. The molecule has 0 aromatic heterocycles. The number of rotatable bonds is 5. The minimum absolute atomic E-state index is 0.191. The number of ether oxygens (including phenoxy) is 2. The van der Waals surface area contributed by atoms with Gasteiger partial charge in [-0.3, -0.25) is 0 Å². The summed E-state index contributed by atoms with van der Waals surface area (Å²) in [6.07, 6.45) is 1.15. The van der Waals surface area contributed by atoms with Crippen LogP contribution in [0.5, 0.6) is 0 Å². The molecule has 0 heterocycles. The van der Waals surface area contributed by atoms with E-state index in [2.05, 4.69) is 4.74 Å². The van der Waals surface area contributed by atoms with E-state index in [1.807, 2.05) is 37.2 Å². The first-order valence-electron chi connectivity index (χ1n) is 6.10. The molecule has 0 spiro atoms. The van der Waals surface area contributed by atoms with Crippen LogP contribution in [0.1, 0.15) is 11.1 Å². The van der Waals surface area contributed by atoms with Crippen LogP contribution in [0.4, 0.5) is 0 Å². The molecule has 1 aromatic rings. The van der Waals surface area contributed by atoms with Crippen molar-refractivity contribution in [3.05, 3.63) is 41.5 Å². The summed E-state index contributed by atoms with van der Waals surface area (Å²) in [4.78, 5) is 25.3. The van der Waals surface area contributed by atoms with Crippen molar-refractivity contribution in [3.8, 4) is 0 Å². The first-order valence-corrected chi connectivity index (χ1v) is 6.10. The lowest BCUT2D eigenvalue weighted by atomic mass is 9.99. The number of carbonyl (C=O) groups is 2. The molecule has 1 rings (SSSR count). The Bertz CT molecular complexity index is 520. The van der Waals surface area contributed by atoms with Gasteiger partial charge in [0.25, 0.3) is 0 Å². The number of hydrogen-bond acceptors (Lipinski definition) is 5. The molecule has 5 heteroatoms. The summed E-state index contributed by atoms with van der Waals surface area (Å²) in [5.74, 6) is -1.16. The smallest absolute Gasteiger partial charge is 0.338 e. The Morgan fingerprint density at radius 2 is 1.80 bits per heavy atom. The van der Waals surface area contributed by atoms with E-state index in [1.165, 1.54) is 14.2 Å². The minimum Gasteiger partial charge on any atom is -0.466 e. The second-order valence-corrected chi connectivity index (χ2v) is 4.47. The van der Waals surface area contributed by atoms with Crippen molar-refractivity contribution in [2.24, 2.45) is 0 Å². The average Bonchev–Trinajstić information content (AvgIpc) is 2.44. The summed E-state index contributed by atoms with van der Waals surface area (Å²) in [7, 11) is 6.40. The summed E-state index contributed by atoms with van der Waals surface area (Å²) in [6.45, 7) is 0.645. The number of esters is 2. The Hall–Kier alpha value is -2.14. The van der Waals surface area contributed by atoms with E-state index in [4.69, 9.17) is 4.74 Å². The quantitative estimate of drug-likeness (QED) is 0.602. The zero-order valence-electron chi connectivity index (χ0n) is 12.2. The van der Waals surface area contributed by atoms with Gasteiger partial charge in [0.15, 0.2) is 0 Å². The van der Waals surface area contributed by atoms with Crippen molar-refractivity contribution in [3.63, 3.8) is 0 Å². The van der Waals surface area contributed by atoms with Gasteiger partial charge in [0.05, 0.1) is 19.8 Å². The van der Waals surface area contributed by atoms with Crippen molar-refractivity contribution >= 4 is 17.5 Å². The largest absolute Gasteiger partial charge is 0.466 e. The van der Waals surface area contributed by atoms with Crippen LogP contribution < -0.4 is 0 Å². The van der Waals surface area contributed by atoms with Gasteiger partial charge in [-0.2, -0.15) is 0 Å². The summed E-state index contributed by atoms with van der Waals surface area (Å²) >= 11 is 0. The monoisotopic (exact) mass is 277 g/mol. The Balaban J connectivity index is 3.31. The molecule has 0 unspecified atom stereocenters. The van der Waals surface area contributed by atoms with Crippen molar-refractivity contribution in [1.29, 1.82) is 0 Å². The molecule has 0 aliphatic carbocycles. The second kappa shape index (κ2) is 7.45. The normalized spacial score (nSPS) is 11.3. The summed E-state index contributed by atoms with van der Waals surface area (Å²) in [6, 6.07) is 7.38. The van der Waals surface area contributed by atoms with Crippen LogP contribution in [0.3, 0.4) is 0 Å². The van der Waals surface area contributed by atoms with E-state index in [1.54, 1.807) is 6.07 Å². The highest BCUT2D eigenvalue weighted by Gasteiger charge is 2.18. The number of carbonyl (C=O) groups excluding carboxylic acids is 2. The van der Waals surface area contributed by atoms with E-state index >= 15 is 0 Å². The summed E-state index contributed by atoms with van der Waals surface area (Å²) < 4.78 is 9.33. The predicted octanol–water partition coefficient (Wildman–Crippen LogP) is 1.48. The third kappa shape index (κ3) is 4.20. The van der Waals surface area contributed by atoms with Gasteiger partial charge < -0.3 is 14.4 Å². The first kappa shape index (κ1) is 15.9. The molecular formula is C15H19NO4. The molecule has 0 aliphatic heterocycles. The lowest BCUT2D eigenvalue weighted by Crippen LogP contribution is -2.14. The minimum atomic E-state index is -0.593. The van der Waals surface area contributed by atoms with Gasteiger partial charge >= 0.3 is 11.9 Å². The van der Waals surface area contributed by atoms with Gasteiger partial charge in [0.2, 0.25) is 0 Å². The molecule has 5 nitrogen and oxygen atoms in total. The fourth-order valence-corrected chi connectivity index (χ4v) is 1.79. The zero-order chi connectivity index (χ0) is 15.1. The van der Waals surface area contributed by atoms with E-state index in [0.717, 1.165) is 11.6 Å². The second-order valence-electron chi connectivity index (χ2n) is 4.47. The molecule has 0 saturated heterocycles. The van der Waals surface area contributed by atoms with Crippen molar-refractivity contribution in [2.75, 3.05) is 28.3 Å². The Morgan fingerprint density at radius 1 is 1.15 bits per heavy atom. The molecule has 1 aromatic carbocycles. The third-order valence-electron chi connectivity index (χ3n) is 2.66. The summed E-state index contributed by atoms with van der Waals surface area (Å²) in [5.41, 5.74) is 1.79. The highest BCUT2D eigenvalue weighted by atomic mass is 16.5. The van der Waals surface area contributed by atoms with Crippen molar-refractivity contribution < 1.29 is 19.1 Å². The van der Waals surface area contributed by atoms with Gasteiger partial charge in [-0.25, -0.2) is 9.59 Å². The molecule has 0 aliphatic rings. The van der Waals surface area contributed by atoms with Crippen LogP contribution >= 0.6 is 0 Å². The van der Waals surface area contributed by atoms with Crippen molar-refractivity contribution in [2.45, 2.75) is 6.54 Å². The maximum Gasteiger partial charge on any atom is 0.338 e. The molecule has 0 amide bonds. The molecule has 20 heavy (non-hydrogen) atoms. The number of hydrogen-bond donors (Lipinski definition) is 0. The fourth-order valence-electron chi connectivity index (χ4n) is 1.79. The number of nitrogens with zero attached hydrogens (tertiary/aromatic N) is 1. The SMILES string of the molecule is COC(=O)/C=C(\C(=O)OC)c1ccccc1CN(C)C. The molecular weight excluding hydrogens is 258 g/mol. The number of benzene rings is 1. The van der Waals surface area contributed by atoms with Crippen LogP contribution in [-0.2, 0) is 25.6 Å². The standard InChI is InChI=1S/C15H19NO4/c1-16(2)10-11-7-5-6-8-12(11)13(15(18)20-4)9-14(17)19-3/h5-9H,10H2,1-4H3/b13-9-. The van der Waals surface area contributed by atoms with Crippen molar-refractivity contribution in [1.82, 2.24) is 4.90 Å². The molecule has 0 saturated carbocycles. The number of methoxy groups -OCH3 is 2. The van der Waals surface area contributed by atoms with E-state index in [9.17, 15) is 9.59 Å². The first-order chi connectivity index (χ1) is 9.49. The lowest BCUT2D eigenvalue weighted by molar-refractivity contribution is -0.136. The van der Waals surface area contributed by atoms with Crippen LogP contribution in [0.15, 0.2) is 30.3 Å². The molecule has 0 N–H and O–H groups in total. The van der Waals surface area contributed by atoms with Gasteiger partial charge in [-0.1, -0.05) is 24.3 Å². The molecule has 0 bridgehead atoms. The average molecular weight is 277 g/mol.